The lowest BCUT2D eigenvalue weighted by Crippen LogP contribution is -2.20. The van der Waals surface area contributed by atoms with Crippen molar-refractivity contribution in [3.63, 3.8) is 0 Å². The van der Waals surface area contributed by atoms with E-state index in [0.717, 1.165) is 30.6 Å². The van der Waals surface area contributed by atoms with Crippen LogP contribution in [0.4, 0.5) is 17.1 Å². The zero-order valence-corrected chi connectivity index (χ0v) is 14.6. The lowest BCUT2D eigenvalue weighted by atomic mass is 9.97. The molecule has 0 atom stereocenters. The predicted molar refractivity (Wildman–Crippen MR) is 101 cm³/mol. The highest BCUT2D eigenvalue weighted by Crippen LogP contribution is 2.26. The topological polar surface area (TPSA) is 70.2 Å². The van der Waals surface area contributed by atoms with Crippen LogP contribution in [-0.4, -0.2) is 18.4 Å². The first-order chi connectivity index (χ1) is 12.0. The fraction of sp³-hybridized carbons (Fsp3) is 0.300. The van der Waals surface area contributed by atoms with E-state index in [-0.39, 0.29) is 17.7 Å². The summed E-state index contributed by atoms with van der Waals surface area (Å²) in [6.07, 6.45) is 1.92. The van der Waals surface area contributed by atoms with Gasteiger partial charge in [-0.1, -0.05) is 26.0 Å². The summed E-state index contributed by atoms with van der Waals surface area (Å²) in [5.74, 6) is -0.277. The van der Waals surface area contributed by atoms with Gasteiger partial charge < -0.3 is 16.0 Å². The zero-order chi connectivity index (χ0) is 17.8. The van der Waals surface area contributed by atoms with Crippen molar-refractivity contribution in [2.75, 3.05) is 22.5 Å². The van der Waals surface area contributed by atoms with Gasteiger partial charge in [0.25, 0.3) is 5.91 Å². The zero-order valence-electron chi connectivity index (χ0n) is 14.6. The third kappa shape index (κ3) is 3.99. The number of amides is 2. The summed E-state index contributed by atoms with van der Waals surface area (Å²) in [5, 5.41) is 9.11. The van der Waals surface area contributed by atoms with Crippen molar-refractivity contribution < 1.29 is 9.59 Å². The Labute approximate surface area is 147 Å². The average Bonchev–Trinajstić information content (AvgIpc) is 2.61. The number of nitrogens with one attached hydrogen (secondary N) is 3. The van der Waals surface area contributed by atoms with Crippen LogP contribution in [-0.2, 0) is 11.2 Å². The highest BCUT2D eigenvalue weighted by atomic mass is 16.2. The molecule has 2 amide bonds. The number of carbonyl (C=O) groups excluding carboxylic acids is 2. The van der Waals surface area contributed by atoms with Gasteiger partial charge in [0, 0.05) is 35.1 Å². The van der Waals surface area contributed by atoms with Gasteiger partial charge in [0.1, 0.15) is 0 Å². The Bertz CT molecular complexity index is 799. The van der Waals surface area contributed by atoms with Gasteiger partial charge in [-0.15, -0.1) is 0 Å². The Balaban J connectivity index is 1.77. The molecule has 0 fully saturated rings. The molecule has 5 nitrogen and oxygen atoms in total. The van der Waals surface area contributed by atoms with Crippen LogP contribution < -0.4 is 16.0 Å². The normalized spacial score (nSPS) is 12.9. The van der Waals surface area contributed by atoms with E-state index in [9.17, 15) is 9.59 Å². The summed E-state index contributed by atoms with van der Waals surface area (Å²) in [4.78, 5) is 24.5. The van der Waals surface area contributed by atoms with Crippen molar-refractivity contribution in [2.24, 2.45) is 5.92 Å². The van der Waals surface area contributed by atoms with Crippen LogP contribution in [0.3, 0.4) is 0 Å². The molecular weight excluding hydrogens is 314 g/mol. The van der Waals surface area contributed by atoms with Crippen molar-refractivity contribution in [1.29, 1.82) is 0 Å². The maximum atomic E-state index is 12.7. The molecule has 5 heteroatoms. The third-order valence-corrected chi connectivity index (χ3v) is 4.25. The Morgan fingerprint density at radius 2 is 1.76 bits per heavy atom. The standard InChI is InChI=1S/C20H23N3O2/c1-13(2)19(24)22-14-6-3-7-15(12-14)23-20(25)17-8-4-10-18-16(17)9-5-11-21-18/h3-4,6-8,10,12-13,21H,5,9,11H2,1-2H3,(H,22,24)(H,23,25). The van der Waals surface area contributed by atoms with E-state index in [4.69, 9.17) is 0 Å². The number of carbonyl (C=O) groups is 2. The molecule has 130 valence electrons. The number of rotatable bonds is 4. The highest BCUT2D eigenvalue weighted by Gasteiger charge is 2.17. The first-order valence-corrected chi connectivity index (χ1v) is 8.62. The monoisotopic (exact) mass is 337 g/mol. The molecule has 0 saturated heterocycles. The molecule has 3 rings (SSSR count). The molecule has 0 radical (unpaired) electrons. The van der Waals surface area contributed by atoms with Gasteiger partial charge in [-0.05, 0) is 48.7 Å². The molecule has 1 aliphatic heterocycles. The molecule has 0 unspecified atom stereocenters. The van der Waals surface area contributed by atoms with Crippen molar-refractivity contribution in [3.8, 4) is 0 Å². The molecule has 0 saturated carbocycles. The van der Waals surface area contributed by atoms with Gasteiger partial charge >= 0.3 is 0 Å². The second-order valence-corrected chi connectivity index (χ2v) is 6.54. The molecule has 0 spiro atoms. The largest absolute Gasteiger partial charge is 0.385 e. The molecule has 2 aromatic carbocycles. The molecule has 0 aliphatic carbocycles. The molecule has 25 heavy (non-hydrogen) atoms. The van der Waals surface area contributed by atoms with Gasteiger partial charge in [-0.2, -0.15) is 0 Å². The Hall–Kier alpha value is -2.82. The van der Waals surface area contributed by atoms with E-state index in [1.807, 2.05) is 50.2 Å². The van der Waals surface area contributed by atoms with Crippen molar-refractivity contribution >= 4 is 28.9 Å². The number of anilines is 3. The molecule has 3 N–H and O–H groups in total. The first kappa shape index (κ1) is 17.0. The summed E-state index contributed by atoms with van der Waals surface area (Å²) < 4.78 is 0. The van der Waals surface area contributed by atoms with Gasteiger partial charge in [0.2, 0.25) is 5.91 Å². The maximum absolute atomic E-state index is 12.7. The average molecular weight is 337 g/mol. The summed E-state index contributed by atoms with van der Waals surface area (Å²) in [6, 6.07) is 13.0. The Morgan fingerprint density at radius 3 is 2.52 bits per heavy atom. The fourth-order valence-corrected chi connectivity index (χ4v) is 2.88. The van der Waals surface area contributed by atoms with Gasteiger partial charge in [0.05, 0.1) is 0 Å². The summed E-state index contributed by atoms with van der Waals surface area (Å²) in [7, 11) is 0. The van der Waals surface area contributed by atoms with Crippen LogP contribution in [0.5, 0.6) is 0 Å². The van der Waals surface area contributed by atoms with E-state index in [2.05, 4.69) is 16.0 Å². The predicted octanol–water partition coefficient (Wildman–Crippen LogP) is 3.89. The van der Waals surface area contributed by atoms with Crippen molar-refractivity contribution in [2.45, 2.75) is 26.7 Å². The minimum absolute atomic E-state index is 0.0494. The van der Waals surface area contributed by atoms with E-state index < -0.39 is 0 Å². The number of fused-ring (bicyclic) bond motifs is 1. The van der Waals surface area contributed by atoms with Crippen LogP contribution in [0, 0.1) is 5.92 Å². The molecule has 2 aromatic rings. The number of hydrogen-bond acceptors (Lipinski definition) is 3. The minimum atomic E-state index is -0.132. The summed E-state index contributed by atoms with van der Waals surface area (Å²) in [5.41, 5.74) is 4.13. The van der Waals surface area contributed by atoms with Gasteiger partial charge in [-0.3, -0.25) is 9.59 Å². The number of hydrogen-bond donors (Lipinski definition) is 3. The Kier molecular flexibility index (Phi) is 5.03. The van der Waals surface area contributed by atoms with Crippen LogP contribution in [0.25, 0.3) is 0 Å². The van der Waals surface area contributed by atoms with Crippen LogP contribution in [0.15, 0.2) is 42.5 Å². The number of benzene rings is 2. The van der Waals surface area contributed by atoms with Crippen LogP contribution in [0.1, 0.15) is 36.2 Å². The summed E-state index contributed by atoms with van der Waals surface area (Å²) >= 11 is 0. The van der Waals surface area contributed by atoms with Gasteiger partial charge in [-0.25, -0.2) is 0 Å². The first-order valence-electron chi connectivity index (χ1n) is 8.62. The minimum Gasteiger partial charge on any atom is -0.385 e. The van der Waals surface area contributed by atoms with E-state index >= 15 is 0 Å². The lowest BCUT2D eigenvalue weighted by Gasteiger charge is -2.20. The highest BCUT2D eigenvalue weighted by molar-refractivity contribution is 6.06. The quantitative estimate of drug-likeness (QED) is 0.792. The van der Waals surface area contributed by atoms with E-state index in [0.29, 0.717) is 16.9 Å². The van der Waals surface area contributed by atoms with Crippen LogP contribution >= 0.6 is 0 Å². The maximum Gasteiger partial charge on any atom is 0.256 e. The van der Waals surface area contributed by atoms with E-state index in [1.165, 1.54) is 0 Å². The molecular formula is C20H23N3O2. The molecule has 1 aliphatic rings. The second-order valence-electron chi connectivity index (χ2n) is 6.54. The second kappa shape index (κ2) is 7.38. The molecule has 0 bridgehead atoms. The van der Waals surface area contributed by atoms with Crippen LogP contribution in [0.2, 0.25) is 0 Å². The third-order valence-electron chi connectivity index (χ3n) is 4.25. The summed E-state index contributed by atoms with van der Waals surface area (Å²) in [6.45, 7) is 4.62. The SMILES string of the molecule is CC(C)C(=O)Nc1cccc(NC(=O)c2cccc3c2CCCN3)c1. The van der Waals surface area contributed by atoms with Crippen molar-refractivity contribution in [3.05, 3.63) is 53.6 Å². The molecule has 1 heterocycles. The van der Waals surface area contributed by atoms with E-state index in [1.54, 1.807) is 6.07 Å². The smallest absolute Gasteiger partial charge is 0.256 e. The lowest BCUT2D eigenvalue weighted by molar-refractivity contribution is -0.118. The van der Waals surface area contributed by atoms with Gasteiger partial charge in [0.15, 0.2) is 0 Å². The fourth-order valence-electron chi connectivity index (χ4n) is 2.88. The molecule has 0 aromatic heterocycles. The Morgan fingerprint density at radius 1 is 1.04 bits per heavy atom. The van der Waals surface area contributed by atoms with Crippen molar-refractivity contribution in [1.82, 2.24) is 0 Å².